The molecule has 0 spiro atoms. The van der Waals surface area contributed by atoms with Gasteiger partial charge in [-0.1, -0.05) is 249 Å². The van der Waals surface area contributed by atoms with Crippen LogP contribution >= 0.6 is 0 Å². The van der Waals surface area contributed by atoms with Crippen LogP contribution in [0.2, 0.25) is 0 Å². The predicted octanol–water partition coefficient (Wildman–Crippen LogP) is 19.4. The van der Waals surface area contributed by atoms with E-state index in [0.717, 1.165) is 83.5 Å². The van der Waals surface area contributed by atoms with Gasteiger partial charge in [-0.25, -0.2) is 0 Å². The third-order valence-corrected chi connectivity index (χ3v) is 12.8. The summed E-state index contributed by atoms with van der Waals surface area (Å²) in [6, 6.07) is 0. The average molecular weight is 940 g/mol. The highest BCUT2D eigenvalue weighted by atomic mass is 16.6. The van der Waals surface area contributed by atoms with Crippen molar-refractivity contribution in [3.8, 4) is 0 Å². The zero-order valence-corrected chi connectivity index (χ0v) is 44.7. The maximum absolute atomic E-state index is 12.9. The number of rotatable bonds is 53. The molecule has 0 saturated carbocycles. The maximum Gasteiger partial charge on any atom is 0.306 e. The second-order valence-electron chi connectivity index (χ2n) is 19.6. The molecule has 0 rings (SSSR count). The van der Waals surface area contributed by atoms with Gasteiger partial charge in [0.25, 0.3) is 0 Å². The third kappa shape index (κ3) is 54.2. The van der Waals surface area contributed by atoms with E-state index in [1.54, 1.807) is 0 Å². The van der Waals surface area contributed by atoms with Crippen molar-refractivity contribution < 1.29 is 28.6 Å². The fourth-order valence-electron chi connectivity index (χ4n) is 8.39. The number of unbranched alkanes of at least 4 members (excludes halogenated alkanes) is 34. The summed E-state index contributed by atoms with van der Waals surface area (Å²) in [4.78, 5) is 38.2. The SMILES string of the molecule is CCCCC/C=C/C/C=C/CCCCCCCCCC(=O)OC[C@@H](COC(=O)CCCCCCCCCCCCCCCCC)OC(=O)CCCCCCCCC/C=C/C/C=C/CCCCC. The Morgan fingerprint density at radius 1 is 0.299 bits per heavy atom. The lowest BCUT2D eigenvalue weighted by Gasteiger charge is -2.18. The summed E-state index contributed by atoms with van der Waals surface area (Å²) < 4.78 is 16.9. The number of hydrogen-bond acceptors (Lipinski definition) is 6. The van der Waals surface area contributed by atoms with Gasteiger partial charge in [0.1, 0.15) is 13.2 Å². The molecule has 6 heteroatoms. The van der Waals surface area contributed by atoms with Gasteiger partial charge < -0.3 is 14.2 Å². The molecule has 0 radical (unpaired) electrons. The average Bonchev–Trinajstić information content (AvgIpc) is 3.33. The molecular weight excluding hydrogens is 829 g/mol. The Bertz CT molecular complexity index is 1170. The van der Waals surface area contributed by atoms with Crippen molar-refractivity contribution >= 4 is 17.9 Å². The number of allylic oxidation sites excluding steroid dienone is 8. The Balaban J connectivity index is 4.38. The van der Waals surface area contributed by atoms with Crippen molar-refractivity contribution in [2.75, 3.05) is 13.2 Å². The van der Waals surface area contributed by atoms with Crippen molar-refractivity contribution in [3.05, 3.63) is 48.6 Å². The van der Waals surface area contributed by atoms with Gasteiger partial charge in [-0.15, -0.1) is 0 Å². The van der Waals surface area contributed by atoms with Gasteiger partial charge in [0.05, 0.1) is 0 Å². The molecule has 0 fully saturated rings. The minimum atomic E-state index is -0.779. The first-order chi connectivity index (χ1) is 33.0. The van der Waals surface area contributed by atoms with Gasteiger partial charge >= 0.3 is 17.9 Å². The summed E-state index contributed by atoms with van der Waals surface area (Å²) in [6.45, 7) is 6.61. The lowest BCUT2D eigenvalue weighted by molar-refractivity contribution is -0.167. The molecule has 390 valence electrons. The fourth-order valence-corrected chi connectivity index (χ4v) is 8.39. The van der Waals surface area contributed by atoms with E-state index >= 15 is 0 Å². The number of esters is 3. The van der Waals surface area contributed by atoms with Crippen molar-refractivity contribution in [2.24, 2.45) is 0 Å². The van der Waals surface area contributed by atoms with Crippen LogP contribution in [0, 0.1) is 0 Å². The lowest BCUT2D eigenvalue weighted by Crippen LogP contribution is -2.30. The maximum atomic E-state index is 12.9. The monoisotopic (exact) mass is 939 g/mol. The Hall–Kier alpha value is -2.63. The highest BCUT2D eigenvalue weighted by Gasteiger charge is 2.19. The van der Waals surface area contributed by atoms with Crippen LogP contribution in [-0.2, 0) is 28.6 Å². The summed E-state index contributed by atoms with van der Waals surface area (Å²) in [5.74, 6) is -0.877. The molecule has 0 amide bonds. The van der Waals surface area contributed by atoms with Crippen LogP contribution in [0.3, 0.4) is 0 Å². The molecule has 0 bridgehead atoms. The van der Waals surface area contributed by atoms with Crippen molar-refractivity contribution in [1.82, 2.24) is 0 Å². The first-order valence-electron chi connectivity index (χ1n) is 29.1. The highest BCUT2D eigenvalue weighted by Crippen LogP contribution is 2.16. The van der Waals surface area contributed by atoms with Crippen LogP contribution in [0.5, 0.6) is 0 Å². The Morgan fingerprint density at radius 3 is 0.851 bits per heavy atom. The number of carbonyl (C=O) groups is 3. The minimum absolute atomic E-state index is 0.0759. The minimum Gasteiger partial charge on any atom is -0.462 e. The van der Waals surface area contributed by atoms with Gasteiger partial charge in [-0.2, -0.15) is 0 Å². The van der Waals surface area contributed by atoms with Crippen LogP contribution in [0.15, 0.2) is 48.6 Å². The van der Waals surface area contributed by atoms with Gasteiger partial charge in [0, 0.05) is 19.3 Å². The normalized spacial score (nSPS) is 12.3. The zero-order valence-electron chi connectivity index (χ0n) is 44.7. The molecule has 67 heavy (non-hydrogen) atoms. The highest BCUT2D eigenvalue weighted by molar-refractivity contribution is 5.71. The molecule has 0 N–H and O–H groups in total. The summed E-state index contributed by atoms with van der Waals surface area (Å²) in [5, 5.41) is 0. The molecule has 0 heterocycles. The van der Waals surface area contributed by atoms with Gasteiger partial charge in [-0.05, 0) is 83.5 Å². The molecule has 0 unspecified atom stereocenters. The Labute approximate surface area is 416 Å². The van der Waals surface area contributed by atoms with Gasteiger partial charge in [0.15, 0.2) is 6.10 Å². The first-order valence-corrected chi connectivity index (χ1v) is 29.1. The molecule has 0 aliphatic carbocycles. The van der Waals surface area contributed by atoms with Crippen LogP contribution in [-0.4, -0.2) is 37.2 Å². The molecular formula is C61H110O6. The van der Waals surface area contributed by atoms with E-state index in [0.29, 0.717) is 19.3 Å². The topological polar surface area (TPSA) is 78.9 Å². The van der Waals surface area contributed by atoms with Crippen molar-refractivity contribution in [3.63, 3.8) is 0 Å². The second-order valence-corrected chi connectivity index (χ2v) is 19.6. The third-order valence-electron chi connectivity index (χ3n) is 12.8. The second kappa shape index (κ2) is 56.0. The van der Waals surface area contributed by atoms with Crippen LogP contribution in [0.25, 0.3) is 0 Å². The molecule has 0 aromatic rings. The largest absolute Gasteiger partial charge is 0.462 e. The lowest BCUT2D eigenvalue weighted by atomic mass is 10.0. The zero-order chi connectivity index (χ0) is 48.6. The standard InChI is InChI=1S/C61H110O6/c1-4-7-10-13-16-19-22-25-28-30-33-36-39-42-45-48-51-54-60(63)66-57-58(56-65-59(62)53-50-47-44-41-38-35-32-27-24-21-18-15-12-9-6-3)67-61(64)55-52-49-46-43-40-37-34-31-29-26-23-20-17-14-11-8-5-2/h16-17,19-20,25-26,28-29,58H,4-15,18,21-24,27,30-57H2,1-3H3/b19-16+,20-17+,28-25+,29-26+/t58-/m1/s1. The van der Waals surface area contributed by atoms with Gasteiger partial charge in [-0.3, -0.25) is 14.4 Å². The van der Waals surface area contributed by atoms with E-state index in [4.69, 9.17) is 14.2 Å². The Morgan fingerprint density at radius 2 is 0.537 bits per heavy atom. The van der Waals surface area contributed by atoms with Crippen LogP contribution in [0.1, 0.15) is 303 Å². The van der Waals surface area contributed by atoms with E-state index in [1.165, 1.54) is 180 Å². The van der Waals surface area contributed by atoms with E-state index < -0.39 is 6.10 Å². The summed E-state index contributed by atoms with van der Waals surface area (Å²) in [5.41, 5.74) is 0. The number of carbonyl (C=O) groups excluding carboxylic acids is 3. The number of hydrogen-bond donors (Lipinski definition) is 0. The summed E-state index contributed by atoms with van der Waals surface area (Å²) >= 11 is 0. The van der Waals surface area contributed by atoms with E-state index in [1.807, 2.05) is 0 Å². The molecule has 0 saturated heterocycles. The molecule has 0 aromatic carbocycles. The van der Waals surface area contributed by atoms with E-state index in [9.17, 15) is 14.4 Å². The van der Waals surface area contributed by atoms with Crippen molar-refractivity contribution in [2.45, 2.75) is 309 Å². The fraction of sp³-hybridized carbons (Fsp3) is 0.820. The van der Waals surface area contributed by atoms with Crippen molar-refractivity contribution in [1.29, 1.82) is 0 Å². The molecule has 0 aromatic heterocycles. The quantitative estimate of drug-likeness (QED) is 0.0262. The smallest absolute Gasteiger partial charge is 0.306 e. The van der Waals surface area contributed by atoms with Crippen LogP contribution < -0.4 is 0 Å². The first kappa shape index (κ1) is 64.4. The number of ether oxygens (including phenoxy) is 3. The molecule has 0 aliphatic rings. The van der Waals surface area contributed by atoms with Crippen LogP contribution in [0.4, 0.5) is 0 Å². The van der Waals surface area contributed by atoms with E-state index in [2.05, 4.69) is 69.4 Å². The summed E-state index contributed by atoms with van der Waals surface area (Å²) in [7, 11) is 0. The predicted molar refractivity (Wildman–Crippen MR) is 289 cm³/mol. The Kier molecular flexibility index (Phi) is 53.8. The van der Waals surface area contributed by atoms with Gasteiger partial charge in [0.2, 0.25) is 0 Å². The van der Waals surface area contributed by atoms with E-state index in [-0.39, 0.29) is 31.1 Å². The molecule has 0 aliphatic heterocycles. The molecule has 1 atom stereocenters. The summed E-state index contributed by atoms with van der Waals surface area (Å²) in [6.07, 6.45) is 68.0. The molecule has 6 nitrogen and oxygen atoms in total.